The molecule has 0 fully saturated rings. The number of anilines is 1. The zero-order valence-corrected chi connectivity index (χ0v) is 15.8. The van der Waals surface area contributed by atoms with Crippen molar-refractivity contribution in [1.29, 1.82) is 0 Å². The van der Waals surface area contributed by atoms with Gasteiger partial charge in [0.2, 0.25) is 11.8 Å². The maximum absolute atomic E-state index is 13.0. The SMILES string of the molecule is NC(=O)C(CNC(=O)CCCNc1ccc([N+](=O)[O-])cc1)Cc1ccc(F)cc1. The molecule has 2 amide bonds. The zero-order chi connectivity index (χ0) is 21.2. The van der Waals surface area contributed by atoms with Gasteiger partial charge in [-0.2, -0.15) is 0 Å². The van der Waals surface area contributed by atoms with E-state index in [4.69, 9.17) is 5.73 Å². The molecule has 0 radical (unpaired) electrons. The third kappa shape index (κ3) is 7.57. The molecule has 0 bridgehead atoms. The van der Waals surface area contributed by atoms with Crippen molar-refractivity contribution < 1.29 is 18.9 Å². The van der Waals surface area contributed by atoms with Crippen molar-refractivity contribution in [2.45, 2.75) is 19.3 Å². The van der Waals surface area contributed by atoms with Crippen LogP contribution in [0.2, 0.25) is 0 Å². The highest BCUT2D eigenvalue weighted by atomic mass is 19.1. The van der Waals surface area contributed by atoms with Gasteiger partial charge in [0.25, 0.3) is 5.69 Å². The fourth-order valence-corrected chi connectivity index (χ4v) is 2.69. The van der Waals surface area contributed by atoms with Gasteiger partial charge in [0.05, 0.1) is 10.8 Å². The minimum atomic E-state index is -0.581. The molecular weight excluding hydrogens is 379 g/mol. The van der Waals surface area contributed by atoms with Gasteiger partial charge in [-0.1, -0.05) is 12.1 Å². The average molecular weight is 402 g/mol. The Morgan fingerprint density at radius 2 is 1.76 bits per heavy atom. The number of non-ortho nitro benzene ring substituents is 1. The smallest absolute Gasteiger partial charge is 0.269 e. The normalized spacial score (nSPS) is 11.5. The molecule has 154 valence electrons. The second-order valence-electron chi connectivity index (χ2n) is 6.57. The van der Waals surface area contributed by atoms with Crippen molar-refractivity contribution in [3.63, 3.8) is 0 Å². The number of hydrogen-bond donors (Lipinski definition) is 3. The number of nitrogens with zero attached hydrogens (tertiary/aromatic N) is 1. The molecule has 9 heteroatoms. The van der Waals surface area contributed by atoms with E-state index in [-0.39, 0.29) is 30.4 Å². The number of carbonyl (C=O) groups is 2. The van der Waals surface area contributed by atoms with E-state index in [0.29, 0.717) is 19.4 Å². The number of rotatable bonds is 11. The van der Waals surface area contributed by atoms with Crippen LogP contribution in [-0.4, -0.2) is 29.8 Å². The molecule has 0 heterocycles. The Hall–Kier alpha value is -3.49. The average Bonchev–Trinajstić information content (AvgIpc) is 2.70. The predicted molar refractivity (Wildman–Crippen MR) is 107 cm³/mol. The van der Waals surface area contributed by atoms with Gasteiger partial charge in [-0.05, 0) is 42.7 Å². The monoisotopic (exact) mass is 402 g/mol. The highest BCUT2D eigenvalue weighted by Crippen LogP contribution is 2.15. The van der Waals surface area contributed by atoms with E-state index < -0.39 is 16.7 Å². The van der Waals surface area contributed by atoms with Gasteiger partial charge in [0, 0.05) is 37.3 Å². The molecule has 29 heavy (non-hydrogen) atoms. The van der Waals surface area contributed by atoms with Crippen molar-refractivity contribution in [2.24, 2.45) is 11.7 Å². The first-order chi connectivity index (χ1) is 13.8. The molecular formula is C20H23FN4O4. The molecule has 4 N–H and O–H groups in total. The predicted octanol–water partition coefficient (Wildman–Crippen LogP) is 2.39. The van der Waals surface area contributed by atoms with E-state index in [9.17, 15) is 24.1 Å². The first-order valence-corrected chi connectivity index (χ1v) is 9.14. The Morgan fingerprint density at radius 3 is 2.34 bits per heavy atom. The lowest BCUT2D eigenvalue weighted by Crippen LogP contribution is -2.37. The molecule has 2 aromatic rings. The Labute approximate surface area is 167 Å². The van der Waals surface area contributed by atoms with Crippen LogP contribution in [0.25, 0.3) is 0 Å². The molecule has 0 aliphatic carbocycles. The van der Waals surface area contributed by atoms with Crippen molar-refractivity contribution in [2.75, 3.05) is 18.4 Å². The van der Waals surface area contributed by atoms with Crippen LogP contribution in [0.1, 0.15) is 18.4 Å². The lowest BCUT2D eigenvalue weighted by molar-refractivity contribution is -0.384. The number of nitrogens with two attached hydrogens (primary N) is 1. The third-order valence-corrected chi connectivity index (χ3v) is 4.33. The van der Waals surface area contributed by atoms with Crippen LogP contribution >= 0.6 is 0 Å². The first kappa shape index (κ1) is 21.8. The van der Waals surface area contributed by atoms with Gasteiger partial charge in [0.15, 0.2) is 0 Å². The minimum absolute atomic E-state index is 0.0135. The Morgan fingerprint density at radius 1 is 1.10 bits per heavy atom. The second-order valence-corrected chi connectivity index (χ2v) is 6.57. The molecule has 0 aliphatic heterocycles. The van der Waals surface area contributed by atoms with Crippen LogP contribution in [0.4, 0.5) is 15.8 Å². The lowest BCUT2D eigenvalue weighted by atomic mass is 9.98. The summed E-state index contributed by atoms with van der Waals surface area (Å²) >= 11 is 0. The molecule has 1 unspecified atom stereocenters. The zero-order valence-electron chi connectivity index (χ0n) is 15.8. The second kappa shape index (κ2) is 10.7. The molecule has 0 aromatic heterocycles. The summed E-state index contributed by atoms with van der Waals surface area (Å²) in [7, 11) is 0. The summed E-state index contributed by atoms with van der Waals surface area (Å²) in [6.45, 7) is 0.626. The van der Waals surface area contributed by atoms with Gasteiger partial charge in [-0.3, -0.25) is 19.7 Å². The van der Waals surface area contributed by atoms with Crippen molar-refractivity contribution in [3.05, 3.63) is 70.0 Å². The molecule has 1 atom stereocenters. The van der Waals surface area contributed by atoms with Crippen LogP contribution in [0, 0.1) is 21.8 Å². The van der Waals surface area contributed by atoms with E-state index in [0.717, 1.165) is 11.3 Å². The van der Waals surface area contributed by atoms with E-state index in [1.54, 1.807) is 24.3 Å². The summed E-state index contributed by atoms with van der Waals surface area (Å²) in [4.78, 5) is 33.7. The summed E-state index contributed by atoms with van der Waals surface area (Å²) in [6, 6.07) is 11.8. The number of carbonyl (C=O) groups excluding carboxylic acids is 2. The third-order valence-electron chi connectivity index (χ3n) is 4.33. The Kier molecular flexibility index (Phi) is 8.08. The minimum Gasteiger partial charge on any atom is -0.385 e. The van der Waals surface area contributed by atoms with E-state index >= 15 is 0 Å². The van der Waals surface area contributed by atoms with Crippen LogP contribution in [0.3, 0.4) is 0 Å². The highest BCUT2D eigenvalue weighted by Gasteiger charge is 2.17. The van der Waals surface area contributed by atoms with E-state index in [2.05, 4.69) is 10.6 Å². The fourth-order valence-electron chi connectivity index (χ4n) is 2.69. The van der Waals surface area contributed by atoms with E-state index in [1.807, 2.05) is 0 Å². The van der Waals surface area contributed by atoms with Gasteiger partial charge in [-0.15, -0.1) is 0 Å². The molecule has 8 nitrogen and oxygen atoms in total. The number of nitrogens with one attached hydrogen (secondary N) is 2. The topological polar surface area (TPSA) is 127 Å². The number of primary amides is 1. The maximum atomic E-state index is 13.0. The summed E-state index contributed by atoms with van der Waals surface area (Å²) < 4.78 is 13.0. The van der Waals surface area contributed by atoms with Gasteiger partial charge < -0.3 is 16.4 Å². The van der Waals surface area contributed by atoms with Crippen LogP contribution < -0.4 is 16.4 Å². The number of hydrogen-bond acceptors (Lipinski definition) is 5. The van der Waals surface area contributed by atoms with E-state index in [1.165, 1.54) is 24.3 Å². The number of halogens is 1. The molecule has 2 aromatic carbocycles. The number of nitro benzene ring substituents is 1. The van der Waals surface area contributed by atoms with Gasteiger partial charge >= 0.3 is 0 Å². The van der Waals surface area contributed by atoms with Crippen molar-refractivity contribution >= 4 is 23.2 Å². The largest absolute Gasteiger partial charge is 0.385 e. The highest BCUT2D eigenvalue weighted by molar-refractivity contribution is 5.79. The van der Waals surface area contributed by atoms with Crippen LogP contribution in [0.5, 0.6) is 0 Å². The fraction of sp³-hybridized carbons (Fsp3) is 0.300. The van der Waals surface area contributed by atoms with Crippen molar-refractivity contribution in [1.82, 2.24) is 5.32 Å². The molecule has 0 spiro atoms. The number of amides is 2. The number of nitro groups is 1. The summed E-state index contributed by atoms with van der Waals surface area (Å²) in [6.07, 6.45) is 1.11. The molecule has 0 aliphatic rings. The first-order valence-electron chi connectivity index (χ1n) is 9.14. The quantitative estimate of drug-likeness (QED) is 0.302. The van der Waals surface area contributed by atoms with Gasteiger partial charge in [-0.25, -0.2) is 4.39 Å². The standard InChI is InChI=1S/C20H23FN4O4/c21-16-5-3-14(4-6-16)12-15(20(22)27)13-24-19(26)2-1-11-23-17-7-9-18(10-8-17)25(28)29/h3-10,15,23H,1-2,11-13H2,(H2,22,27)(H,24,26). The van der Waals surface area contributed by atoms with Crippen LogP contribution in [-0.2, 0) is 16.0 Å². The van der Waals surface area contributed by atoms with Crippen molar-refractivity contribution in [3.8, 4) is 0 Å². The molecule has 0 saturated carbocycles. The summed E-state index contributed by atoms with van der Waals surface area (Å²) in [5.74, 6) is -1.68. The van der Waals surface area contributed by atoms with Crippen LogP contribution in [0.15, 0.2) is 48.5 Å². The Bertz CT molecular complexity index is 841. The Balaban J connectivity index is 1.69. The molecule has 2 rings (SSSR count). The number of benzene rings is 2. The molecule has 0 saturated heterocycles. The lowest BCUT2D eigenvalue weighted by Gasteiger charge is -2.14. The summed E-state index contributed by atoms with van der Waals surface area (Å²) in [5, 5.41) is 16.4. The van der Waals surface area contributed by atoms with Gasteiger partial charge in [0.1, 0.15) is 5.82 Å². The maximum Gasteiger partial charge on any atom is 0.269 e. The summed E-state index contributed by atoms with van der Waals surface area (Å²) in [5.41, 5.74) is 6.90.